The summed E-state index contributed by atoms with van der Waals surface area (Å²) in [6.45, 7) is 5.53. The Morgan fingerprint density at radius 3 is 2.84 bits per heavy atom. The highest BCUT2D eigenvalue weighted by atomic mass is 16.3. The molecule has 2 heteroatoms. The van der Waals surface area contributed by atoms with E-state index in [0.717, 1.165) is 13.0 Å². The summed E-state index contributed by atoms with van der Waals surface area (Å²) in [6, 6.07) is 5.94. The van der Waals surface area contributed by atoms with Gasteiger partial charge in [0.25, 0.3) is 0 Å². The zero-order valence-corrected chi connectivity index (χ0v) is 12.1. The fraction of sp³-hybridized carbons (Fsp3) is 0.647. The van der Waals surface area contributed by atoms with Gasteiger partial charge in [0.1, 0.15) is 5.75 Å². The summed E-state index contributed by atoms with van der Waals surface area (Å²) in [5.41, 5.74) is 9.36. The van der Waals surface area contributed by atoms with Crippen LogP contribution in [0.3, 0.4) is 0 Å². The minimum atomic E-state index is 0.193. The molecule has 0 amide bonds. The normalized spacial score (nSPS) is 37.5. The van der Waals surface area contributed by atoms with Crippen molar-refractivity contribution in [1.82, 2.24) is 0 Å². The third-order valence-corrected chi connectivity index (χ3v) is 5.93. The lowest BCUT2D eigenvalue weighted by molar-refractivity contribution is 0.0325. The van der Waals surface area contributed by atoms with Crippen LogP contribution in [-0.2, 0) is 11.8 Å². The van der Waals surface area contributed by atoms with E-state index < -0.39 is 0 Å². The lowest BCUT2D eigenvalue weighted by Gasteiger charge is -2.55. The number of rotatable bonds is 1. The number of phenols is 1. The van der Waals surface area contributed by atoms with Gasteiger partial charge in [0.15, 0.2) is 0 Å². The van der Waals surface area contributed by atoms with E-state index in [2.05, 4.69) is 19.9 Å². The Kier molecular flexibility index (Phi) is 2.90. The number of aromatic hydroxyl groups is 1. The molecule has 0 heterocycles. The minimum absolute atomic E-state index is 0.193. The lowest BCUT2D eigenvalue weighted by Crippen LogP contribution is -2.51. The van der Waals surface area contributed by atoms with Gasteiger partial charge in [-0.1, -0.05) is 26.3 Å². The van der Waals surface area contributed by atoms with Crippen LogP contribution in [0.2, 0.25) is 0 Å². The average molecular weight is 259 g/mol. The van der Waals surface area contributed by atoms with Crippen LogP contribution in [0.1, 0.15) is 50.7 Å². The highest BCUT2D eigenvalue weighted by Crippen LogP contribution is 2.57. The van der Waals surface area contributed by atoms with E-state index in [9.17, 15) is 5.11 Å². The molecule has 0 unspecified atom stereocenters. The Morgan fingerprint density at radius 2 is 2.11 bits per heavy atom. The summed E-state index contributed by atoms with van der Waals surface area (Å²) in [5.74, 6) is 1.05. The minimum Gasteiger partial charge on any atom is -0.508 e. The summed E-state index contributed by atoms with van der Waals surface area (Å²) in [5, 5.41) is 9.86. The number of nitrogens with two attached hydrogens (primary N) is 1. The topological polar surface area (TPSA) is 46.2 Å². The monoisotopic (exact) mass is 259 g/mol. The second kappa shape index (κ2) is 4.24. The van der Waals surface area contributed by atoms with Crippen LogP contribution in [0.4, 0.5) is 0 Å². The molecule has 0 radical (unpaired) electrons. The molecule has 1 aromatic rings. The van der Waals surface area contributed by atoms with Gasteiger partial charge in [-0.3, -0.25) is 0 Å². The SMILES string of the molecule is C[C@]1(CN)CCC[C@]2(C)c3cc(O)ccc3CC[C@@H]12. The lowest BCUT2D eigenvalue weighted by atomic mass is 9.50. The summed E-state index contributed by atoms with van der Waals surface area (Å²) >= 11 is 0. The van der Waals surface area contributed by atoms with Crippen LogP contribution >= 0.6 is 0 Å². The maximum Gasteiger partial charge on any atom is 0.115 e. The fourth-order valence-electron chi connectivity index (χ4n) is 4.82. The second-order valence-electron chi connectivity index (χ2n) is 7.06. The molecule has 3 N–H and O–H groups in total. The standard InChI is InChI=1S/C17H25NO/c1-16(11-18)8-3-9-17(2)14-10-13(19)6-4-12(14)5-7-15(16)17/h4,6,10,15,19H,3,5,7-9,11,18H2,1-2H3/t15-,16+,17+/m0/s1. The molecule has 3 rings (SSSR count). The molecule has 0 bridgehead atoms. The van der Waals surface area contributed by atoms with Gasteiger partial charge in [-0.2, -0.15) is 0 Å². The molecule has 19 heavy (non-hydrogen) atoms. The van der Waals surface area contributed by atoms with Gasteiger partial charge in [0.05, 0.1) is 0 Å². The molecule has 0 spiro atoms. The van der Waals surface area contributed by atoms with Crippen LogP contribution in [0.25, 0.3) is 0 Å². The molecule has 0 aromatic heterocycles. The van der Waals surface area contributed by atoms with Gasteiger partial charge in [-0.25, -0.2) is 0 Å². The predicted molar refractivity (Wildman–Crippen MR) is 78.3 cm³/mol. The maximum atomic E-state index is 9.86. The highest BCUT2D eigenvalue weighted by molar-refractivity contribution is 5.43. The van der Waals surface area contributed by atoms with Crippen LogP contribution in [0.15, 0.2) is 18.2 Å². The fourth-order valence-corrected chi connectivity index (χ4v) is 4.82. The number of aryl methyl sites for hydroxylation is 1. The Morgan fingerprint density at radius 1 is 1.32 bits per heavy atom. The second-order valence-corrected chi connectivity index (χ2v) is 7.06. The molecule has 0 saturated heterocycles. The van der Waals surface area contributed by atoms with Crippen LogP contribution in [-0.4, -0.2) is 11.7 Å². The van der Waals surface area contributed by atoms with E-state index in [0.29, 0.717) is 11.7 Å². The Labute approximate surface area is 116 Å². The van der Waals surface area contributed by atoms with E-state index in [1.54, 1.807) is 0 Å². The molecule has 104 valence electrons. The van der Waals surface area contributed by atoms with Crippen LogP contribution in [0, 0.1) is 11.3 Å². The van der Waals surface area contributed by atoms with Crippen molar-refractivity contribution in [3.8, 4) is 5.75 Å². The molecule has 0 aliphatic heterocycles. The third kappa shape index (κ3) is 1.80. The zero-order chi connectivity index (χ0) is 13.7. The van der Waals surface area contributed by atoms with Gasteiger partial charge in [0, 0.05) is 0 Å². The predicted octanol–water partition coefficient (Wildman–Crippen LogP) is 3.36. The molecule has 2 aliphatic rings. The van der Waals surface area contributed by atoms with Crippen molar-refractivity contribution in [2.45, 2.75) is 51.4 Å². The van der Waals surface area contributed by atoms with E-state index >= 15 is 0 Å². The van der Waals surface area contributed by atoms with E-state index in [1.807, 2.05) is 12.1 Å². The number of hydrogen-bond donors (Lipinski definition) is 2. The molecule has 1 saturated carbocycles. The van der Waals surface area contributed by atoms with Crippen LogP contribution in [0.5, 0.6) is 5.75 Å². The summed E-state index contributed by atoms with van der Waals surface area (Å²) in [6.07, 6.45) is 6.09. The van der Waals surface area contributed by atoms with Gasteiger partial charge < -0.3 is 10.8 Å². The zero-order valence-electron chi connectivity index (χ0n) is 12.1. The first-order chi connectivity index (χ1) is 8.99. The van der Waals surface area contributed by atoms with Crippen molar-refractivity contribution in [2.24, 2.45) is 17.1 Å². The Hall–Kier alpha value is -1.02. The number of fused-ring (bicyclic) bond motifs is 3. The highest BCUT2D eigenvalue weighted by Gasteiger charge is 2.51. The molecular formula is C17H25NO. The molecule has 2 aliphatic carbocycles. The van der Waals surface area contributed by atoms with Gasteiger partial charge in [0.2, 0.25) is 0 Å². The van der Waals surface area contributed by atoms with Crippen molar-refractivity contribution in [2.75, 3.05) is 6.54 Å². The van der Waals surface area contributed by atoms with Crippen molar-refractivity contribution in [3.05, 3.63) is 29.3 Å². The first-order valence-corrected chi connectivity index (χ1v) is 7.52. The summed E-state index contributed by atoms with van der Waals surface area (Å²) < 4.78 is 0. The molecule has 2 nitrogen and oxygen atoms in total. The van der Waals surface area contributed by atoms with Gasteiger partial charge in [-0.15, -0.1) is 0 Å². The largest absolute Gasteiger partial charge is 0.508 e. The quantitative estimate of drug-likeness (QED) is 0.812. The molecule has 1 fully saturated rings. The molecule has 3 atom stereocenters. The van der Waals surface area contributed by atoms with E-state index in [-0.39, 0.29) is 10.8 Å². The average Bonchev–Trinajstić information content (AvgIpc) is 2.39. The number of benzene rings is 1. The van der Waals surface area contributed by atoms with Crippen LogP contribution < -0.4 is 5.73 Å². The van der Waals surface area contributed by atoms with Crippen molar-refractivity contribution >= 4 is 0 Å². The van der Waals surface area contributed by atoms with Gasteiger partial charge >= 0.3 is 0 Å². The first kappa shape index (κ1) is 13.0. The van der Waals surface area contributed by atoms with E-state index in [1.165, 1.54) is 36.8 Å². The Bertz CT molecular complexity index is 498. The molecular weight excluding hydrogens is 234 g/mol. The van der Waals surface area contributed by atoms with Crippen molar-refractivity contribution < 1.29 is 5.11 Å². The van der Waals surface area contributed by atoms with E-state index in [4.69, 9.17) is 5.73 Å². The Balaban J connectivity index is 2.11. The summed E-state index contributed by atoms with van der Waals surface area (Å²) in [4.78, 5) is 0. The van der Waals surface area contributed by atoms with Gasteiger partial charge in [-0.05, 0) is 72.2 Å². The van der Waals surface area contributed by atoms with Crippen molar-refractivity contribution in [3.63, 3.8) is 0 Å². The maximum absolute atomic E-state index is 9.86. The van der Waals surface area contributed by atoms with Crippen molar-refractivity contribution in [1.29, 1.82) is 0 Å². The number of phenolic OH excluding ortho intramolecular Hbond substituents is 1. The smallest absolute Gasteiger partial charge is 0.115 e. The number of hydrogen-bond acceptors (Lipinski definition) is 2. The first-order valence-electron chi connectivity index (χ1n) is 7.52. The summed E-state index contributed by atoms with van der Waals surface area (Å²) in [7, 11) is 0. The molecule has 1 aromatic carbocycles. The third-order valence-electron chi connectivity index (χ3n) is 5.93.